The molecule has 0 spiro atoms. The van der Waals surface area contributed by atoms with Crippen LogP contribution in [0.15, 0.2) is 18.2 Å². The molecule has 30 heavy (non-hydrogen) atoms. The van der Waals surface area contributed by atoms with Crippen LogP contribution in [-0.4, -0.2) is 43.1 Å². The van der Waals surface area contributed by atoms with E-state index in [0.29, 0.717) is 23.8 Å². The molecule has 4 aliphatic rings. The van der Waals surface area contributed by atoms with Gasteiger partial charge in [-0.05, 0) is 107 Å². The zero-order valence-corrected chi connectivity index (χ0v) is 18.4. The van der Waals surface area contributed by atoms with Crippen LogP contribution in [0.25, 0.3) is 0 Å². The Morgan fingerprint density at radius 3 is 2.53 bits per heavy atom. The average molecular weight is 411 g/mol. The molecule has 2 aliphatic carbocycles. The van der Waals surface area contributed by atoms with E-state index in [-0.39, 0.29) is 0 Å². The van der Waals surface area contributed by atoms with Gasteiger partial charge in [-0.15, -0.1) is 0 Å². The summed E-state index contributed by atoms with van der Waals surface area (Å²) in [4.78, 5) is 14.7. The van der Waals surface area contributed by atoms with Crippen molar-refractivity contribution in [2.45, 2.75) is 82.6 Å². The van der Waals surface area contributed by atoms with Crippen LogP contribution in [0.4, 0.5) is 0 Å². The molecule has 1 amide bonds. The molecular formula is C26H38N2O2. The lowest BCUT2D eigenvalue weighted by molar-refractivity contribution is -0.122. The summed E-state index contributed by atoms with van der Waals surface area (Å²) < 4.78 is 5.77. The molecule has 4 nitrogen and oxygen atoms in total. The highest BCUT2D eigenvalue weighted by molar-refractivity contribution is 5.76. The summed E-state index contributed by atoms with van der Waals surface area (Å²) in [5.41, 5.74) is 3.05. The Hall–Kier alpha value is -1.55. The Labute approximate surface area is 181 Å². The summed E-state index contributed by atoms with van der Waals surface area (Å²) in [5.74, 6) is 3.71. The van der Waals surface area contributed by atoms with Crippen molar-refractivity contribution in [3.8, 4) is 5.75 Å². The number of ether oxygens (including phenoxy) is 1. The Balaban J connectivity index is 1.01. The van der Waals surface area contributed by atoms with Gasteiger partial charge >= 0.3 is 0 Å². The Bertz CT molecular complexity index is 729. The second-order valence-electron chi connectivity index (χ2n) is 10.3. The predicted molar refractivity (Wildman–Crippen MR) is 120 cm³/mol. The van der Waals surface area contributed by atoms with E-state index in [1.54, 1.807) is 5.56 Å². The van der Waals surface area contributed by atoms with Crippen molar-refractivity contribution in [3.63, 3.8) is 0 Å². The third-order valence-electron chi connectivity index (χ3n) is 8.04. The van der Waals surface area contributed by atoms with E-state index >= 15 is 0 Å². The molecule has 164 valence electrons. The quantitative estimate of drug-likeness (QED) is 0.710. The lowest BCUT2D eigenvalue weighted by Gasteiger charge is -2.35. The van der Waals surface area contributed by atoms with Crippen molar-refractivity contribution < 1.29 is 9.53 Å². The highest BCUT2D eigenvalue weighted by Crippen LogP contribution is 2.37. The molecule has 0 atom stereocenters. The fraction of sp³-hybridized carbons (Fsp3) is 0.731. The van der Waals surface area contributed by atoms with Crippen molar-refractivity contribution in [1.82, 2.24) is 10.2 Å². The molecule has 1 N–H and O–H groups in total. The summed E-state index contributed by atoms with van der Waals surface area (Å²) in [7, 11) is 0. The molecule has 2 aliphatic heterocycles. The summed E-state index contributed by atoms with van der Waals surface area (Å²) in [5, 5.41) is 3.30. The van der Waals surface area contributed by atoms with Gasteiger partial charge in [-0.3, -0.25) is 4.79 Å². The van der Waals surface area contributed by atoms with E-state index in [1.165, 1.54) is 83.0 Å². The van der Waals surface area contributed by atoms with Gasteiger partial charge in [0.05, 0.1) is 6.61 Å². The Kier molecular flexibility index (Phi) is 6.31. The minimum atomic E-state index is 0.305. The van der Waals surface area contributed by atoms with Gasteiger partial charge in [0.1, 0.15) is 5.75 Å². The number of hydrogen-bond acceptors (Lipinski definition) is 3. The molecule has 0 aromatic heterocycles. The zero-order chi connectivity index (χ0) is 20.3. The number of likely N-dealkylation sites (tertiary alicyclic amines) is 1. The van der Waals surface area contributed by atoms with Crippen LogP contribution in [0.2, 0.25) is 0 Å². The smallest absolute Gasteiger partial charge is 0.220 e. The van der Waals surface area contributed by atoms with E-state index in [9.17, 15) is 4.79 Å². The van der Waals surface area contributed by atoms with Gasteiger partial charge in [-0.1, -0.05) is 12.1 Å². The number of nitrogens with one attached hydrogen (secondary N) is 1. The standard InChI is InChI=1S/C26H38N2O2/c29-26(18-20-4-5-20)27-22-8-6-19(7-9-22)10-14-28-15-11-21(12-16-28)23-2-1-3-25-24(23)13-17-30-25/h1-3,19-22H,4-18H2,(H,27,29). The van der Waals surface area contributed by atoms with Crippen molar-refractivity contribution in [2.75, 3.05) is 26.2 Å². The molecule has 2 saturated carbocycles. The number of rotatable bonds is 7. The summed E-state index contributed by atoms with van der Waals surface area (Å²) in [6, 6.07) is 7.10. The maximum atomic E-state index is 12.0. The number of benzene rings is 1. The van der Waals surface area contributed by atoms with Gasteiger partial charge in [-0.2, -0.15) is 0 Å². The van der Waals surface area contributed by atoms with Crippen LogP contribution in [-0.2, 0) is 11.2 Å². The second-order valence-corrected chi connectivity index (χ2v) is 10.3. The first kappa shape index (κ1) is 20.4. The van der Waals surface area contributed by atoms with Crippen molar-refractivity contribution in [3.05, 3.63) is 29.3 Å². The van der Waals surface area contributed by atoms with Crippen molar-refractivity contribution in [1.29, 1.82) is 0 Å². The molecule has 1 saturated heterocycles. The van der Waals surface area contributed by atoms with Crippen LogP contribution >= 0.6 is 0 Å². The maximum absolute atomic E-state index is 12.0. The molecule has 0 unspecified atom stereocenters. The Morgan fingerprint density at radius 2 is 1.77 bits per heavy atom. The third-order valence-corrected chi connectivity index (χ3v) is 8.04. The number of carbonyl (C=O) groups excluding carboxylic acids is 1. The fourth-order valence-electron chi connectivity index (χ4n) is 5.93. The van der Waals surface area contributed by atoms with Crippen LogP contribution in [0.3, 0.4) is 0 Å². The van der Waals surface area contributed by atoms with Gasteiger partial charge in [0.25, 0.3) is 0 Å². The van der Waals surface area contributed by atoms with Crippen LogP contribution in [0, 0.1) is 11.8 Å². The first-order chi connectivity index (χ1) is 14.7. The lowest BCUT2D eigenvalue weighted by Crippen LogP contribution is -2.38. The molecule has 2 heterocycles. The van der Waals surface area contributed by atoms with Crippen molar-refractivity contribution in [2.24, 2.45) is 11.8 Å². The predicted octanol–water partition coefficient (Wildman–Crippen LogP) is 4.67. The highest BCUT2D eigenvalue weighted by Gasteiger charge is 2.28. The van der Waals surface area contributed by atoms with Gasteiger partial charge in [-0.25, -0.2) is 0 Å². The summed E-state index contributed by atoms with van der Waals surface area (Å²) in [6.07, 6.45) is 13.3. The number of carbonyl (C=O) groups is 1. The first-order valence-corrected chi connectivity index (χ1v) is 12.5. The molecule has 5 rings (SSSR count). The van der Waals surface area contributed by atoms with Crippen molar-refractivity contribution >= 4 is 5.91 Å². The minimum Gasteiger partial charge on any atom is -0.493 e. The maximum Gasteiger partial charge on any atom is 0.220 e. The number of nitrogens with zero attached hydrogens (tertiary/aromatic N) is 1. The Morgan fingerprint density at radius 1 is 1.00 bits per heavy atom. The normalized spacial score (nSPS) is 27.5. The fourth-order valence-corrected chi connectivity index (χ4v) is 5.93. The number of amides is 1. The van der Waals surface area contributed by atoms with E-state index in [2.05, 4.69) is 28.4 Å². The van der Waals surface area contributed by atoms with Crippen LogP contribution in [0.5, 0.6) is 5.75 Å². The summed E-state index contributed by atoms with van der Waals surface area (Å²) in [6.45, 7) is 4.59. The SMILES string of the molecule is O=C(CC1CC1)NC1CCC(CCN2CCC(c3cccc4c3CCO4)CC2)CC1. The van der Waals surface area contributed by atoms with E-state index in [0.717, 1.165) is 31.1 Å². The average Bonchev–Trinajstić information content (AvgIpc) is 3.45. The molecule has 0 bridgehead atoms. The van der Waals surface area contributed by atoms with Gasteiger partial charge in [0.15, 0.2) is 0 Å². The van der Waals surface area contributed by atoms with E-state index < -0.39 is 0 Å². The number of fused-ring (bicyclic) bond motifs is 1. The van der Waals surface area contributed by atoms with Crippen LogP contribution < -0.4 is 10.1 Å². The monoisotopic (exact) mass is 410 g/mol. The molecular weight excluding hydrogens is 372 g/mol. The molecule has 1 aromatic rings. The third kappa shape index (κ3) is 5.01. The van der Waals surface area contributed by atoms with E-state index in [1.807, 2.05) is 0 Å². The molecule has 1 aromatic carbocycles. The topological polar surface area (TPSA) is 41.6 Å². The molecule has 0 radical (unpaired) electrons. The second kappa shape index (κ2) is 9.30. The first-order valence-electron chi connectivity index (χ1n) is 12.5. The van der Waals surface area contributed by atoms with Crippen LogP contribution in [0.1, 0.15) is 81.3 Å². The summed E-state index contributed by atoms with van der Waals surface area (Å²) >= 11 is 0. The molecule has 3 fully saturated rings. The number of piperidine rings is 1. The number of hydrogen-bond donors (Lipinski definition) is 1. The minimum absolute atomic E-state index is 0.305. The van der Waals surface area contributed by atoms with Gasteiger partial charge in [0.2, 0.25) is 5.91 Å². The molecule has 4 heteroatoms. The van der Waals surface area contributed by atoms with E-state index in [4.69, 9.17) is 4.74 Å². The lowest BCUT2D eigenvalue weighted by atomic mass is 9.83. The largest absolute Gasteiger partial charge is 0.493 e. The van der Waals surface area contributed by atoms with Gasteiger partial charge in [0, 0.05) is 24.4 Å². The van der Waals surface area contributed by atoms with Gasteiger partial charge < -0.3 is 15.0 Å². The highest BCUT2D eigenvalue weighted by atomic mass is 16.5. The zero-order valence-electron chi connectivity index (χ0n) is 18.4.